The molecule has 36 heavy (non-hydrogen) atoms. The van der Waals surface area contributed by atoms with Crippen molar-refractivity contribution in [3.05, 3.63) is 71.7 Å². The summed E-state index contributed by atoms with van der Waals surface area (Å²) in [6.07, 6.45) is 5.73. The molecule has 1 aromatic carbocycles. The summed E-state index contributed by atoms with van der Waals surface area (Å²) in [5, 5.41) is 31.3. The van der Waals surface area contributed by atoms with Gasteiger partial charge in [-0.3, -0.25) is 4.98 Å². The summed E-state index contributed by atoms with van der Waals surface area (Å²) in [5.74, 6) is 0.498. The summed E-state index contributed by atoms with van der Waals surface area (Å²) in [7, 11) is 0. The number of aryl methyl sites for hydroxylation is 1. The molecular formula is C27H28N8O. The lowest BCUT2D eigenvalue weighted by Gasteiger charge is -2.26. The highest BCUT2D eigenvalue weighted by molar-refractivity contribution is 5.68. The van der Waals surface area contributed by atoms with Crippen molar-refractivity contribution in [2.45, 2.75) is 57.7 Å². The second-order valence-corrected chi connectivity index (χ2v) is 9.08. The lowest BCUT2D eigenvalue weighted by Crippen LogP contribution is -2.29. The van der Waals surface area contributed by atoms with Gasteiger partial charge in [-0.1, -0.05) is 30.3 Å². The van der Waals surface area contributed by atoms with Gasteiger partial charge in [0.2, 0.25) is 5.95 Å². The Morgan fingerprint density at radius 3 is 2.56 bits per heavy atom. The van der Waals surface area contributed by atoms with Gasteiger partial charge in [0.15, 0.2) is 0 Å². The zero-order valence-corrected chi connectivity index (χ0v) is 20.2. The number of aromatic nitrogens is 6. The van der Waals surface area contributed by atoms with Gasteiger partial charge < -0.3 is 10.4 Å². The molecule has 182 valence electrons. The molecule has 5 rings (SSSR count). The molecule has 9 heteroatoms. The monoisotopic (exact) mass is 480 g/mol. The van der Waals surface area contributed by atoms with Gasteiger partial charge in [0.25, 0.3) is 0 Å². The van der Waals surface area contributed by atoms with Crippen molar-refractivity contribution in [2.24, 2.45) is 0 Å². The average Bonchev–Trinajstić information content (AvgIpc) is 3.38. The molecule has 0 spiro atoms. The van der Waals surface area contributed by atoms with Gasteiger partial charge in [-0.25, -0.2) is 14.6 Å². The second kappa shape index (κ2) is 10.6. The van der Waals surface area contributed by atoms with Gasteiger partial charge in [0, 0.05) is 17.3 Å². The van der Waals surface area contributed by atoms with Crippen LogP contribution in [0.1, 0.15) is 49.6 Å². The van der Waals surface area contributed by atoms with Crippen LogP contribution >= 0.6 is 0 Å². The minimum Gasteiger partial charge on any atom is -0.393 e. The molecule has 0 bridgehead atoms. The van der Waals surface area contributed by atoms with Crippen molar-refractivity contribution in [2.75, 3.05) is 5.32 Å². The molecule has 1 saturated carbocycles. The van der Waals surface area contributed by atoms with Crippen molar-refractivity contribution in [3.63, 3.8) is 0 Å². The third-order valence-electron chi connectivity index (χ3n) is 6.40. The molecule has 9 nitrogen and oxygen atoms in total. The quantitative estimate of drug-likeness (QED) is 0.407. The first kappa shape index (κ1) is 23.6. The van der Waals surface area contributed by atoms with Gasteiger partial charge in [-0.2, -0.15) is 5.26 Å². The summed E-state index contributed by atoms with van der Waals surface area (Å²) in [6, 6.07) is 17.6. The third kappa shape index (κ3) is 5.56. The summed E-state index contributed by atoms with van der Waals surface area (Å²) in [4.78, 5) is 14.2. The molecule has 0 radical (unpaired) electrons. The third-order valence-corrected chi connectivity index (χ3v) is 6.40. The van der Waals surface area contributed by atoms with E-state index in [1.54, 1.807) is 10.7 Å². The number of aliphatic hydroxyl groups is 1. The molecule has 0 unspecified atom stereocenters. The number of nitriles is 1. The Kier molecular flexibility index (Phi) is 6.96. The van der Waals surface area contributed by atoms with Crippen LogP contribution < -0.4 is 5.32 Å². The van der Waals surface area contributed by atoms with Crippen molar-refractivity contribution in [1.29, 1.82) is 5.26 Å². The predicted octanol–water partition coefficient (Wildman–Crippen LogP) is 3.99. The summed E-state index contributed by atoms with van der Waals surface area (Å²) in [5.41, 5.74) is 5.32. The molecule has 1 aliphatic carbocycles. The topological polar surface area (TPSA) is 125 Å². The molecule has 3 heterocycles. The number of hydrogen-bond donors (Lipinski definition) is 2. The number of anilines is 1. The van der Waals surface area contributed by atoms with Gasteiger partial charge in [0.1, 0.15) is 5.69 Å². The van der Waals surface area contributed by atoms with Crippen LogP contribution in [0.5, 0.6) is 0 Å². The number of aliphatic hydroxyl groups excluding tert-OH is 1. The zero-order valence-electron chi connectivity index (χ0n) is 20.2. The Labute approximate surface area is 209 Å². The minimum absolute atomic E-state index is 0.189. The van der Waals surface area contributed by atoms with E-state index in [9.17, 15) is 10.4 Å². The van der Waals surface area contributed by atoms with E-state index in [0.29, 0.717) is 35.1 Å². The fourth-order valence-electron chi connectivity index (χ4n) is 4.41. The van der Waals surface area contributed by atoms with E-state index in [-0.39, 0.29) is 12.1 Å². The van der Waals surface area contributed by atoms with E-state index in [4.69, 9.17) is 9.97 Å². The predicted molar refractivity (Wildman–Crippen MR) is 136 cm³/mol. The standard InChI is InChI=1S/C27H28N8O/c1-2-20-7-4-8-22(29-20)16-35-17-26(33-34-35)25-14-24(19-6-3-5-18(13-19)15-28)31-27(32-25)30-21-9-11-23(36)12-10-21/h3-8,13-14,17,21,23,36H,2,9-12,16H2,1H3,(H,30,31,32). The van der Waals surface area contributed by atoms with Crippen LogP contribution in [-0.4, -0.2) is 47.2 Å². The summed E-state index contributed by atoms with van der Waals surface area (Å²) >= 11 is 0. The fourth-order valence-corrected chi connectivity index (χ4v) is 4.41. The average molecular weight is 481 g/mol. The van der Waals surface area contributed by atoms with Crippen LogP contribution in [0.3, 0.4) is 0 Å². The van der Waals surface area contributed by atoms with E-state index in [2.05, 4.69) is 33.6 Å². The molecule has 1 aliphatic rings. The normalized spacial score (nSPS) is 17.5. The lowest BCUT2D eigenvalue weighted by atomic mass is 9.93. The first-order chi connectivity index (χ1) is 17.6. The van der Waals surface area contributed by atoms with Crippen LogP contribution in [0.2, 0.25) is 0 Å². The van der Waals surface area contributed by atoms with E-state index in [1.165, 1.54) is 0 Å². The van der Waals surface area contributed by atoms with Crippen LogP contribution in [-0.2, 0) is 13.0 Å². The highest BCUT2D eigenvalue weighted by Gasteiger charge is 2.21. The maximum Gasteiger partial charge on any atom is 0.224 e. The summed E-state index contributed by atoms with van der Waals surface area (Å²) < 4.78 is 1.75. The van der Waals surface area contributed by atoms with Gasteiger partial charge in [-0.15, -0.1) is 5.10 Å². The largest absolute Gasteiger partial charge is 0.393 e. The van der Waals surface area contributed by atoms with Crippen molar-refractivity contribution >= 4 is 5.95 Å². The molecule has 0 aliphatic heterocycles. The van der Waals surface area contributed by atoms with Crippen molar-refractivity contribution < 1.29 is 5.11 Å². The van der Waals surface area contributed by atoms with E-state index < -0.39 is 0 Å². The van der Waals surface area contributed by atoms with E-state index >= 15 is 0 Å². The SMILES string of the molecule is CCc1cccc(Cn2cc(-c3cc(-c4cccc(C#N)c4)nc(NC4CCC(O)CC4)n3)nn2)n1. The highest BCUT2D eigenvalue weighted by Crippen LogP contribution is 2.27. The Bertz CT molecular complexity index is 1380. The number of pyridine rings is 1. The molecular weight excluding hydrogens is 452 g/mol. The molecule has 2 N–H and O–H groups in total. The van der Waals surface area contributed by atoms with Crippen LogP contribution in [0, 0.1) is 11.3 Å². The molecule has 0 atom stereocenters. The second-order valence-electron chi connectivity index (χ2n) is 9.08. The van der Waals surface area contributed by atoms with E-state index in [0.717, 1.165) is 49.1 Å². The highest BCUT2D eigenvalue weighted by atomic mass is 16.3. The maximum absolute atomic E-state index is 9.86. The van der Waals surface area contributed by atoms with Gasteiger partial charge in [-0.05, 0) is 62.4 Å². The smallest absolute Gasteiger partial charge is 0.224 e. The minimum atomic E-state index is -0.234. The molecule has 4 aromatic rings. The first-order valence-electron chi connectivity index (χ1n) is 12.3. The molecule has 3 aromatic heterocycles. The summed E-state index contributed by atoms with van der Waals surface area (Å²) in [6.45, 7) is 2.60. The number of nitrogens with zero attached hydrogens (tertiary/aromatic N) is 7. The number of nitrogens with one attached hydrogen (secondary N) is 1. The van der Waals surface area contributed by atoms with Crippen LogP contribution in [0.4, 0.5) is 5.95 Å². The zero-order chi connectivity index (χ0) is 24.9. The molecule has 1 fully saturated rings. The van der Waals surface area contributed by atoms with Crippen molar-refractivity contribution in [3.8, 4) is 28.7 Å². The molecule has 0 saturated heterocycles. The van der Waals surface area contributed by atoms with Gasteiger partial charge >= 0.3 is 0 Å². The Hall–Kier alpha value is -4.16. The van der Waals surface area contributed by atoms with Crippen LogP contribution in [0.25, 0.3) is 22.6 Å². The van der Waals surface area contributed by atoms with Crippen LogP contribution in [0.15, 0.2) is 54.7 Å². The first-order valence-corrected chi connectivity index (χ1v) is 12.3. The molecule has 0 amide bonds. The van der Waals surface area contributed by atoms with Gasteiger partial charge in [0.05, 0.1) is 47.6 Å². The number of rotatable bonds is 7. The Morgan fingerprint density at radius 1 is 0.972 bits per heavy atom. The van der Waals surface area contributed by atoms with E-state index in [1.807, 2.05) is 48.7 Å². The maximum atomic E-state index is 9.86. The van der Waals surface area contributed by atoms with Crippen molar-refractivity contribution in [1.82, 2.24) is 29.9 Å². The fraction of sp³-hybridized carbons (Fsp3) is 0.333. The Balaban J connectivity index is 1.46. The lowest BCUT2D eigenvalue weighted by molar-refractivity contribution is 0.126. The number of hydrogen-bond acceptors (Lipinski definition) is 8. The Morgan fingerprint density at radius 2 is 1.75 bits per heavy atom. The number of benzene rings is 1.